The number of pyridine rings is 1. The fourth-order valence-electron chi connectivity index (χ4n) is 1.94. The van der Waals surface area contributed by atoms with Gasteiger partial charge < -0.3 is 0 Å². The van der Waals surface area contributed by atoms with E-state index in [0.29, 0.717) is 11.1 Å². The summed E-state index contributed by atoms with van der Waals surface area (Å²) >= 11 is 0. The second-order valence-electron chi connectivity index (χ2n) is 4.70. The van der Waals surface area contributed by atoms with Crippen molar-refractivity contribution in [2.75, 3.05) is 0 Å². The second kappa shape index (κ2) is 4.84. The maximum atomic E-state index is 13.9. The van der Waals surface area contributed by atoms with Gasteiger partial charge in [-0.05, 0) is 36.6 Å². The van der Waals surface area contributed by atoms with Crippen molar-refractivity contribution in [2.45, 2.75) is 26.7 Å². The maximum absolute atomic E-state index is 13.9. The zero-order valence-electron chi connectivity index (χ0n) is 10.7. The molecule has 0 radical (unpaired) electrons. The van der Waals surface area contributed by atoms with Gasteiger partial charge in [0, 0.05) is 23.0 Å². The van der Waals surface area contributed by atoms with Gasteiger partial charge in [-0.25, -0.2) is 8.78 Å². The van der Waals surface area contributed by atoms with Crippen LogP contribution in [-0.2, 0) is 0 Å². The highest BCUT2D eigenvalue weighted by Gasteiger charge is 2.14. The number of aromatic nitrogens is 1. The van der Waals surface area contributed by atoms with Crippen LogP contribution in [0.5, 0.6) is 0 Å². The van der Waals surface area contributed by atoms with Gasteiger partial charge in [0.25, 0.3) is 0 Å². The van der Waals surface area contributed by atoms with Gasteiger partial charge in [-0.3, -0.25) is 4.98 Å². The van der Waals surface area contributed by atoms with E-state index in [-0.39, 0.29) is 11.5 Å². The van der Waals surface area contributed by atoms with E-state index in [9.17, 15) is 8.78 Å². The molecular formula is C15H15F2N. The average molecular weight is 247 g/mol. The van der Waals surface area contributed by atoms with E-state index < -0.39 is 11.6 Å². The molecule has 0 fully saturated rings. The third kappa shape index (κ3) is 2.40. The van der Waals surface area contributed by atoms with Crippen molar-refractivity contribution in [1.29, 1.82) is 0 Å². The summed E-state index contributed by atoms with van der Waals surface area (Å²) < 4.78 is 27.7. The molecular weight excluding hydrogens is 232 g/mol. The normalized spacial score (nSPS) is 11.0. The number of benzene rings is 1. The SMILES string of the molecule is Cc1ccc(-c2cc(F)c(C(C)C)c(F)c2)cn1. The molecule has 0 bridgehead atoms. The average Bonchev–Trinajstić information content (AvgIpc) is 2.28. The number of aryl methyl sites for hydroxylation is 1. The molecule has 0 unspecified atom stereocenters. The molecule has 2 rings (SSSR count). The maximum Gasteiger partial charge on any atom is 0.130 e. The van der Waals surface area contributed by atoms with Crippen LogP contribution in [0.15, 0.2) is 30.5 Å². The van der Waals surface area contributed by atoms with Crippen molar-refractivity contribution in [3.8, 4) is 11.1 Å². The van der Waals surface area contributed by atoms with Gasteiger partial charge >= 0.3 is 0 Å². The smallest absolute Gasteiger partial charge is 0.130 e. The predicted molar refractivity (Wildman–Crippen MR) is 68.4 cm³/mol. The summed E-state index contributed by atoms with van der Waals surface area (Å²) in [6, 6.07) is 6.36. The van der Waals surface area contributed by atoms with Crippen LogP contribution in [0.3, 0.4) is 0 Å². The van der Waals surface area contributed by atoms with E-state index in [1.54, 1.807) is 20.0 Å². The third-order valence-electron chi connectivity index (χ3n) is 2.90. The molecule has 18 heavy (non-hydrogen) atoms. The zero-order valence-corrected chi connectivity index (χ0v) is 10.7. The minimum atomic E-state index is -0.499. The van der Waals surface area contributed by atoms with Crippen LogP contribution in [-0.4, -0.2) is 4.98 Å². The summed E-state index contributed by atoms with van der Waals surface area (Å²) in [5.74, 6) is -1.17. The van der Waals surface area contributed by atoms with Crippen LogP contribution >= 0.6 is 0 Å². The van der Waals surface area contributed by atoms with Gasteiger partial charge in [0.15, 0.2) is 0 Å². The molecule has 2 aromatic rings. The first-order valence-electron chi connectivity index (χ1n) is 5.91. The number of hydrogen-bond donors (Lipinski definition) is 0. The Bertz CT molecular complexity index is 536. The van der Waals surface area contributed by atoms with Crippen LogP contribution < -0.4 is 0 Å². The van der Waals surface area contributed by atoms with Crippen molar-refractivity contribution >= 4 is 0 Å². The highest BCUT2D eigenvalue weighted by Crippen LogP contribution is 2.28. The number of nitrogens with zero attached hydrogens (tertiary/aromatic N) is 1. The van der Waals surface area contributed by atoms with Crippen LogP contribution in [0.2, 0.25) is 0 Å². The quantitative estimate of drug-likeness (QED) is 0.763. The predicted octanol–water partition coefficient (Wildman–Crippen LogP) is 4.46. The van der Waals surface area contributed by atoms with Crippen molar-refractivity contribution in [3.63, 3.8) is 0 Å². The highest BCUT2D eigenvalue weighted by atomic mass is 19.1. The molecule has 1 heterocycles. The van der Waals surface area contributed by atoms with Crippen molar-refractivity contribution in [3.05, 3.63) is 53.4 Å². The van der Waals surface area contributed by atoms with E-state index in [2.05, 4.69) is 4.98 Å². The van der Waals surface area contributed by atoms with Gasteiger partial charge in [0.1, 0.15) is 11.6 Å². The molecule has 0 aliphatic rings. The third-order valence-corrected chi connectivity index (χ3v) is 2.90. The van der Waals surface area contributed by atoms with Crippen LogP contribution in [0.4, 0.5) is 8.78 Å². The summed E-state index contributed by atoms with van der Waals surface area (Å²) in [5.41, 5.74) is 2.24. The van der Waals surface area contributed by atoms with Gasteiger partial charge in [-0.1, -0.05) is 19.9 Å². The molecule has 0 atom stereocenters. The Labute approximate surface area is 105 Å². The minimum Gasteiger partial charge on any atom is -0.261 e. The second-order valence-corrected chi connectivity index (χ2v) is 4.70. The number of hydrogen-bond acceptors (Lipinski definition) is 1. The first-order chi connectivity index (χ1) is 8.49. The summed E-state index contributed by atoms with van der Waals surface area (Å²) in [4.78, 5) is 4.13. The first-order valence-corrected chi connectivity index (χ1v) is 5.91. The lowest BCUT2D eigenvalue weighted by Crippen LogP contribution is -1.99. The lowest BCUT2D eigenvalue weighted by atomic mass is 9.98. The van der Waals surface area contributed by atoms with Crippen LogP contribution in [0.25, 0.3) is 11.1 Å². The van der Waals surface area contributed by atoms with E-state index in [1.807, 2.05) is 19.1 Å². The molecule has 0 amide bonds. The van der Waals surface area contributed by atoms with E-state index >= 15 is 0 Å². The number of halogens is 2. The fraction of sp³-hybridized carbons (Fsp3) is 0.267. The largest absolute Gasteiger partial charge is 0.261 e. The molecule has 94 valence electrons. The van der Waals surface area contributed by atoms with Crippen molar-refractivity contribution < 1.29 is 8.78 Å². The minimum absolute atomic E-state index is 0.138. The standard InChI is InChI=1S/C15H15F2N/c1-9(2)15-13(16)6-12(7-14(15)17)11-5-4-10(3)18-8-11/h4-9H,1-3H3. The Kier molecular flexibility index (Phi) is 3.41. The van der Waals surface area contributed by atoms with E-state index in [0.717, 1.165) is 5.69 Å². The summed E-state index contributed by atoms with van der Waals surface area (Å²) in [6.45, 7) is 5.41. The molecule has 0 aliphatic heterocycles. The van der Waals surface area contributed by atoms with Gasteiger partial charge in [0.2, 0.25) is 0 Å². The fourth-order valence-corrected chi connectivity index (χ4v) is 1.94. The van der Waals surface area contributed by atoms with Crippen LogP contribution in [0.1, 0.15) is 31.0 Å². The molecule has 0 saturated carbocycles. The summed E-state index contributed by atoms with van der Waals surface area (Å²) in [6.07, 6.45) is 1.62. The first kappa shape index (κ1) is 12.7. The Balaban J connectivity index is 2.51. The molecule has 0 spiro atoms. The summed E-state index contributed by atoms with van der Waals surface area (Å²) in [5, 5.41) is 0. The van der Waals surface area contributed by atoms with Crippen molar-refractivity contribution in [2.24, 2.45) is 0 Å². The molecule has 3 heteroatoms. The Morgan fingerprint density at radius 2 is 1.61 bits per heavy atom. The topological polar surface area (TPSA) is 12.9 Å². The monoisotopic (exact) mass is 247 g/mol. The zero-order chi connectivity index (χ0) is 13.3. The highest BCUT2D eigenvalue weighted by molar-refractivity contribution is 5.63. The van der Waals surface area contributed by atoms with E-state index in [4.69, 9.17) is 0 Å². The summed E-state index contributed by atoms with van der Waals surface area (Å²) in [7, 11) is 0. The Hall–Kier alpha value is -1.77. The Morgan fingerprint density at radius 1 is 1.00 bits per heavy atom. The van der Waals surface area contributed by atoms with Crippen LogP contribution in [0, 0.1) is 18.6 Å². The molecule has 1 aromatic carbocycles. The molecule has 1 nitrogen and oxygen atoms in total. The molecule has 0 aliphatic carbocycles. The molecule has 1 aromatic heterocycles. The van der Waals surface area contributed by atoms with E-state index in [1.165, 1.54) is 12.1 Å². The van der Waals surface area contributed by atoms with Gasteiger partial charge in [0.05, 0.1) is 0 Å². The van der Waals surface area contributed by atoms with Gasteiger partial charge in [-0.2, -0.15) is 0 Å². The molecule has 0 saturated heterocycles. The van der Waals surface area contributed by atoms with Gasteiger partial charge in [-0.15, -0.1) is 0 Å². The lowest BCUT2D eigenvalue weighted by Gasteiger charge is -2.11. The Morgan fingerprint density at radius 3 is 2.06 bits per heavy atom. The number of rotatable bonds is 2. The lowest BCUT2D eigenvalue weighted by molar-refractivity contribution is 0.542. The molecule has 0 N–H and O–H groups in total. The van der Waals surface area contributed by atoms with Crippen molar-refractivity contribution in [1.82, 2.24) is 4.98 Å².